The summed E-state index contributed by atoms with van der Waals surface area (Å²) in [6.07, 6.45) is -0.218. The second kappa shape index (κ2) is 8.39. The Morgan fingerprint density at radius 1 is 1.33 bits per heavy atom. The summed E-state index contributed by atoms with van der Waals surface area (Å²) in [6.45, 7) is 3.06. The lowest BCUT2D eigenvalue weighted by atomic mass is 10.0. The number of benzene rings is 1. The molecule has 1 rings (SSSR count). The molecule has 0 unspecified atom stereocenters. The van der Waals surface area contributed by atoms with Crippen molar-refractivity contribution >= 4 is 17.6 Å². The number of aliphatic hydroxyl groups is 1. The van der Waals surface area contributed by atoms with Crippen LogP contribution in [0.25, 0.3) is 0 Å². The van der Waals surface area contributed by atoms with Gasteiger partial charge in [0.2, 0.25) is 5.91 Å². The third-order valence-electron chi connectivity index (χ3n) is 3.72. The average molecular weight is 338 g/mol. The summed E-state index contributed by atoms with van der Waals surface area (Å²) in [6, 6.07) is 5.99. The van der Waals surface area contributed by atoms with Gasteiger partial charge >= 0.3 is 5.97 Å². The third kappa shape index (κ3) is 5.02. The molecule has 132 valence electrons. The van der Waals surface area contributed by atoms with Crippen LogP contribution < -0.4 is 0 Å². The molecule has 0 heterocycles. The highest BCUT2D eigenvalue weighted by Crippen LogP contribution is 2.21. The quantitative estimate of drug-likeness (QED) is 0.434. The van der Waals surface area contributed by atoms with Gasteiger partial charge in [0.15, 0.2) is 0 Å². The second-order valence-corrected chi connectivity index (χ2v) is 5.90. The summed E-state index contributed by atoms with van der Waals surface area (Å²) in [5.41, 5.74) is -0.765. The highest BCUT2D eigenvalue weighted by atomic mass is 16.6. The molecule has 1 N–H and O–H groups in total. The van der Waals surface area contributed by atoms with Crippen LogP contribution in [-0.4, -0.2) is 52.6 Å². The molecule has 1 aromatic rings. The molecular weight excluding hydrogens is 316 g/mol. The Balaban J connectivity index is 3.00. The van der Waals surface area contributed by atoms with Gasteiger partial charge in [-0.15, -0.1) is 0 Å². The number of carbonyl (C=O) groups is 2. The normalized spacial score (nSPS) is 11.0. The van der Waals surface area contributed by atoms with Crippen LogP contribution in [0.5, 0.6) is 0 Å². The van der Waals surface area contributed by atoms with Crippen molar-refractivity contribution in [3.8, 4) is 0 Å². The van der Waals surface area contributed by atoms with E-state index in [1.165, 1.54) is 30.2 Å². The minimum Gasteiger partial charge on any atom is -0.469 e. The van der Waals surface area contributed by atoms with E-state index >= 15 is 0 Å². The first-order valence-electron chi connectivity index (χ1n) is 7.43. The second-order valence-electron chi connectivity index (χ2n) is 5.90. The van der Waals surface area contributed by atoms with Crippen LogP contribution in [0.3, 0.4) is 0 Å². The number of esters is 1. The maximum absolute atomic E-state index is 12.6. The third-order valence-corrected chi connectivity index (χ3v) is 3.72. The van der Waals surface area contributed by atoms with Gasteiger partial charge in [-0.05, 0) is 13.8 Å². The first-order chi connectivity index (χ1) is 11.2. The minimum absolute atomic E-state index is 0.0252. The van der Waals surface area contributed by atoms with Gasteiger partial charge in [0.1, 0.15) is 0 Å². The van der Waals surface area contributed by atoms with E-state index in [1.807, 2.05) is 0 Å². The van der Waals surface area contributed by atoms with Crippen LogP contribution >= 0.6 is 0 Å². The van der Waals surface area contributed by atoms with Crippen LogP contribution in [0.1, 0.15) is 25.8 Å². The number of nitro benzene ring substituents is 1. The molecule has 1 aromatic carbocycles. The Morgan fingerprint density at radius 2 is 1.96 bits per heavy atom. The van der Waals surface area contributed by atoms with E-state index in [0.717, 1.165) is 0 Å². The molecule has 0 fully saturated rings. The van der Waals surface area contributed by atoms with Gasteiger partial charge in [0.25, 0.3) is 5.69 Å². The SMILES string of the molecule is COC(=O)CCN(C(=O)Cc1ccccc1[N+](=O)[O-])C(C)(C)CO. The fourth-order valence-corrected chi connectivity index (χ4v) is 2.25. The summed E-state index contributed by atoms with van der Waals surface area (Å²) >= 11 is 0. The van der Waals surface area contributed by atoms with Crippen molar-refractivity contribution in [3.05, 3.63) is 39.9 Å². The Hall–Kier alpha value is -2.48. The fraction of sp³-hybridized carbons (Fsp3) is 0.500. The molecule has 0 aliphatic heterocycles. The number of hydrogen-bond donors (Lipinski definition) is 1. The van der Waals surface area contributed by atoms with Crippen molar-refractivity contribution in [2.75, 3.05) is 20.3 Å². The number of carbonyl (C=O) groups excluding carboxylic acids is 2. The molecule has 0 aromatic heterocycles. The minimum atomic E-state index is -0.908. The lowest BCUT2D eigenvalue weighted by molar-refractivity contribution is -0.385. The van der Waals surface area contributed by atoms with Gasteiger partial charge < -0.3 is 14.7 Å². The van der Waals surface area contributed by atoms with Gasteiger partial charge in [-0.3, -0.25) is 19.7 Å². The largest absolute Gasteiger partial charge is 0.469 e. The molecule has 0 aliphatic rings. The molecule has 0 saturated carbocycles. The summed E-state index contributed by atoms with van der Waals surface area (Å²) in [7, 11) is 1.25. The van der Waals surface area contributed by atoms with E-state index in [4.69, 9.17) is 0 Å². The molecule has 1 amide bonds. The number of amides is 1. The van der Waals surface area contributed by atoms with Gasteiger partial charge in [-0.25, -0.2) is 0 Å². The standard InChI is InChI=1S/C16H22N2O6/c1-16(2,11-19)17(9-8-15(21)24-3)14(20)10-12-6-4-5-7-13(12)18(22)23/h4-7,19H,8-11H2,1-3H3. The Bertz CT molecular complexity index is 614. The zero-order chi connectivity index (χ0) is 18.3. The molecule has 0 spiro atoms. The number of ether oxygens (including phenoxy) is 1. The van der Waals surface area contributed by atoms with Crippen molar-refractivity contribution < 1.29 is 24.4 Å². The lowest BCUT2D eigenvalue weighted by Crippen LogP contribution is -2.51. The molecule has 0 radical (unpaired) electrons. The van der Waals surface area contributed by atoms with Gasteiger partial charge in [-0.1, -0.05) is 18.2 Å². The number of aliphatic hydroxyl groups excluding tert-OH is 1. The zero-order valence-corrected chi connectivity index (χ0v) is 14.0. The van der Waals surface area contributed by atoms with Gasteiger partial charge in [0, 0.05) is 18.2 Å². The number of rotatable bonds is 8. The van der Waals surface area contributed by atoms with Crippen molar-refractivity contribution in [1.82, 2.24) is 4.90 Å². The predicted octanol–water partition coefficient (Wildman–Crippen LogP) is 1.30. The van der Waals surface area contributed by atoms with E-state index in [9.17, 15) is 24.8 Å². The maximum atomic E-state index is 12.6. The van der Waals surface area contributed by atoms with Crippen LogP contribution in [0.15, 0.2) is 24.3 Å². The molecule has 24 heavy (non-hydrogen) atoms. The number of hydrogen-bond acceptors (Lipinski definition) is 6. The molecule has 8 nitrogen and oxygen atoms in total. The Kier molecular flexibility index (Phi) is 6.84. The molecular formula is C16H22N2O6. The van der Waals surface area contributed by atoms with Crippen LogP contribution in [0.4, 0.5) is 5.69 Å². The monoisotopic (exact) mass is 338 g/mol. The van der Waals surface area contributed by atoms with E-state index in [1.54, 1.807) is 19.9 Å². The summed E-state index contributed by atoms with van der Waals surface area (Å²) in [4.78, 5) is 35.8. The van der Waals surface area contributed by atoms with Crippen molar-refractivity contribution in [2.45, 2.75) is 32.2 Å². The van der Waals surface area contributed by atoms with Crippen molar-refractivity contribution in [1.29, 1.82) is 0 Å². The molecule has 0 atom stereocenters. The maximum Gasteiger partial charge on any atom is 0.307 e. The Labute approximate surface area is 140 Å². The Morgan fingerprint density at radius 3 is 2.50 bits per heavy atom. The summed E-state index contributed by atoms with van der Waals surface area (Å²) in [5, 5.41) is 20.6. The highest BCUT2D eigenvalue weighted by molar-refractivity contribution is 5.81. The van der Waals surface area contributed by atoms with Crippen LogP contribution in [0, 0.1) is 10.1 Å². The first kappa shape index (κ1) is 19.6. The summed E-state index contributed by atoms with van der Waals surface area (Å²) < 4.78 is 4.57. The number of para-hydroxylation sites is 1. The van der Waals surface area contributed by atoms with E-state index < -0.39 is 22.3 Å². The number of methoxy groups -OCH3 is 1. The van der Waals surface area contributed by atoms with Crippen molar-refractivity contribution in [3.63, 3.8) is 0 Å². The van der Waals surface area contributed by atoms with Crippen LogP contribution in [-0.2, 0) is 20.7 Å². The van der Waals surface area contributed by atoms with Gasteiger partial charge in [0.05, 0.1) is 37.0 Å². The average Bonchev–Trinajstić information content (AvgIpc) is 2.54. The van der Waals surface area contributed by atoms with Crippen LogP contribution in [0.2, 0.25) is 0 Å². The smallest absolute Gasteiger partial charge is 0.307 e. The lowest BCUT2D eigenvalue weighted by Gasteiger charge is -2.37. The summed E-state index contributed by atoms with van der Waals surface area (Å²) in [5.74, 6) is -0.889. The van der Waals surface area contributed by atoms with Crippen molar-refractivity contribution in [2.24, 2.45) is 0 Å². The first-order valence-corrected chi connectivity index (χ1v) is 7.43. The van der Waals surface area contributed by atoms with E-state index in [0.29, 0.717) is 0 Å². The molecule has 0 saturated heterocycles. The molecule has 0 bridgehead atoms. The zero-order valence-electron chi connectivity index (χ0n) is 14.0. The fourth-order valence-electron chi connectivity index (χ4n) is 2.25. The number of nitro groups is 1. The topological polar surface area (TPSA) is 110 Å². The highest BCUT2D eigenvalue weighted by Gasteiger charge is 2.31. The van der Waals surface area contributed by atoms with E-state index in [2.05, 4.69) is 4.74 Å². The van der Waals surface area contributed by atoms with E-state index in [-0.39, 0.29) is 37.2 Å². The molecule has 8 heteroatoms. The molecule has 0 aliphatic carbocycles. The number of nitrogens with zero attached hydrogens (tertiary/aromatic N) is 2. The predicted molar refractivity (Wildman–Crippen MR) is 86.3 cm³/mol. The van der Waals surface area contributed by atoms with Gasteiger partial charge in [-0.2, -0.15) is 0 Å².